The van der Waals surface area contributed by atoms with E-state index in [4.69, 9.17) is 9.72 Å². The SMILES string of the molecule is COC(=O)NC(C(=O)N1CC=CC1c1nc(-c2ccc(Br)cc2)c[nH]1)c1ccccc1. The van der Waals surface area contributed by atoms with Crippen molar-refractivity contribution in [3.8, 4) is 11.3 Å². The van der Waals surface area contributed by atoms with Gasteiger partial charge < -0.3 is 19.9 Å². The van der Waals surface area contributed by atoms with Gasteiger partial charge in [-0.15, -0.1) is 0 Å². The molecular formula is C23H21BrN4O3. The Kier molecular flexibility index (Phi) is 6.18. The second-order valence-corrected chi connectivity index (χ2v) is 7.94. The standard InChI is InChI=1S/C23H21BrN4O3/c1-31-23(30)27-20(16-6-3-2-4-7-16)22(29)28-13-5-8-19(28)21-25-14-18(26-21)15-9-11-17(24)12-10-15/h2-12,14,19-20H,13H2,1H3,(H,25,26)(H,27,30). The van der Waals surface area contributed by atoms with Crippen molar-refractivity contribution in [2.75, 3.05) is 13.7 Å². The molecule has 8 heteroatoms. The zero-order valence-corrected chi connectivity index (χ0v) is 18.4. The van der Waals surface area contributed by atoms with E-state index in [1.807, 2.05) is 60.8 Å². The molecule has 31 heavy (non-hydrogen) atoms. The lowest BCUT2D eigenvalue weighted by Gasteiger charge is -2.28. The third-order valence-corrected chi connectivity index (χ3v) is 5.61. The van der Waals surface area contributed by atoms with E-state index >= 15 is 0 Å². The van der Waals surface area contributed by atoms with Gasteiger partial charge in [0.1, 0.15) is 17.9 Å². The Labute approximate surface area is 188 Å². The van der Waals surface area contributed by atoms with Crippen LogP contribution < -0.4 is 5.32 Å². The van der Waals surface area contributed by atoms with Crippen LogP contribution in [-0.4, -0.2) is 40.5 Å². The third kappa shape index (κ3) is 4.54. The minimum absolute atomic E-state index is 0.242. The average Bonchev–Trinajstić information content (AvgIpc) is 3.47. The molecule has 2 heterocycles. The summed E-state index contributed by atoms with van der Waals surface area (Å²) in [7, 11) is 1.27. The van der Waals surface area contributed by atoms with Gasteiger partial charge >= 0.3 is 6.09 Å². The van der Waals surface area contributed by atoms with Gasteiger partial charge in [0.2, 0.25) is 0 Å². The fourth-order valence-electron chi connectivity index (χ4n) is 3.52. The number of rotatable bonds is 5. The smallest absolute Gasteiger partial charge is 0.407 e. The van der Waals surface area contributed by atoms with Crippen LogP contribution in [0.1, 0.15) is 23.5 Å². The van der Waals surface area contributed by atoms with Gasteiger partial charge in [0, 0.05) is 22.8 Å². The van der Waals surface area contributed by atoms with Crippen LogP contribution in [-0.2, 0) is 9.53 Å². The first-order valence-corrected chi connectivity index (χ1v) is 10.5. The van der Waals surface area contributed by atoms with Crippen LogP contribution in [0, 0.1) is 0 Å². The molecule has 0 fully saturated rings. The number of hydrogen-bond donors (Lipinski definition) is 2. The zero-order chi connectivity index (χ0) is 21.8. The van der Waals surface area contributed by atoms with Crippen molar-refractivity contribution in [2.45, 2.75) is 12.1 Å². The molecule has 2 atom stereocenters. The van der Waals surface area contributed by atoms with E-state index < -0.39 is 12.1 Å². The highest BCUT2D eigenvalue weighted by Crippen LogP contribution is 2.30. The minimum Gasteiger partial charge on any atom is -0.453 e. The highest BCUT2D eigenvalue weighted by Gasteiger charge is 2.34. The van der Waals surface area contributed by atoms with E-state index in [9.17, 15) is 9.59 Å². The molecule has 1 aromatic heterocycles. The number of aromatic nitrogens is 2. The largest absolute Gasteiger partial charge is 0.453 e. The molecule has 1 aliphatic heterocycles. The Morgan fingerprint density at radius 2 is 1.94 bits per heavy atom. The van der Waals surface area contributed by atoms with E-state index in [0.717, 1.165) is 15.7 Å². The second-order valence-electron chi connectivity index (χ2n) is 7.02. The highest BCUT2D eigenvalue weighted by atomic mass is 79.9. The topological polar surface area (TPSA) is 87.3 Å². The summed E-state index contributed by atoms with van der Waals surface area (Å²) < 4.78 is 5.72. The maximum absolute atomic E-state index is 13.5. The minimum atomic E-state index is -0.864. The first-order chi connectivity index (χ1) is 15.1. The van der Waals surface area contributed by atoms with Crippen molar-refractivity contribution in [3.05, 3.63) is 88.8 Å². The number of H-pyrrole nitrogens is 1. The average molecular weight is 481 g/mol. The number of amides is 2. The van der Waals surface area contributed by atoms with Crippen LogP contribution >= 0.6 is 15.9 Å². The summed E-state index contributed by atoms with van der Waals surface area (Å²) in [6.07, 6.45) is 5.02. The number of aromatic amines is 1. The summed E-state index contributed by atoms with van der Waals surface area (Å²) in [4.78, 5) is 35.0. The molecule has 0 aliphatic carbocycles. The van der Waals surface area contributed by atoms with Gasteiger partial charge in [-0.25, -0.2) is 9.78 Å². The number of carbonyl (C=O) groups excluding carboxylic acids is 2. The normalized spacial score (nSPS) is 16.2. The molecule has 0 radical (unpaired) electrons. The number of imidazole rings is 1. The molecule has 0 bridgehead atoms. The maximum Gasteiger partial charge on any atom is 0.407 e. The van der Waals surface area contributed by atoms with E-state index in [2.05, 4.69) is 26.2 Å². The van der Waals surface area contributed by atoms with Crippen LogP contribution in [0.4, 0.5) is 4.79 Å². The number of nitrogens with zero attached hydrogens (tertiary/aromatic N) is 2. The van der Waals surface area contributed by atoms with Crippen LogP contribution in [0.15, 0.2) is 77.4 Å². The Hall–Kier alpha value is -3.39. The number of methoxy groups -OCH3 is 1. The van der Waals surface area contributed by atoms with Gasteiger partial charge in [0.25, 0.3) is 5.91 Å². The Morgan fingerprint density at radius 1 is 1.19 bits per heavy atom. The van der Waals surface area contributed by atoms with Gasteiger partial charge in [-0.05, 0) is 17.7 Å². The van der Waals surface area contributed by atoms with Crippen LogP contribution in [0.3, 0.4) is 0 Å². The van der Waals surface area contributed by atoms with Crippen molar-refractivity contribution in [1.82, 2.24) is 20.2 Å². The Bertz CT molecular complexity index is 1100. The fourth-order valence-corrected chi connectivity index (χ4v) is 3.78. The van der Waals surface area contributed by atoms with Crippen LogP contribution in [0.5, 0.6) is 0 Å². The van der Waals surface area contributed by atoms with Gasteiger partial charge in [0.05, 0.1) is 12.8 Å². The zero-order valence-electron chi connectivity index (χ0n) is 16.8. The number of benzene rings is 2. The predicted octanol–water partition coefficient (Wildman–Crippen LogP) is 4.38. The monoisotopic (exact) mass is 480 g/mol. The van der Waals surface area contributed by atoms with Gasteiger partial charge in [0.15, 0.2) is 0 Å². The molecule has 158 valence electrons. The van der Waals surface area contributed by atoms with Crippen molar-refractivity contribution in [1.29, 1.82) is 0 Å². The summed E-state index contributed by atoms with van der Waals surface area (Å²) in [6, 6.07) is 15.7. The van der Waals surface area contributed by atoms with Crippen molar-refractivity contribution in [3.63, 3.8) is 0 Å². The lowest BCUT2D eigenvalue weighted by atomic mass is 10.1. The number of nitrogens with one attached hydrogen (secondary N) is 2. The van der Waals surface area contributed by atoms with E-state index in [1.165, 1.54) is 7.11 Å². The first kappa shape index (κ1) is 20.9. The molecule has 2 amide bonds. The molecule has 0 spiro atoms. The summed E-state index contributed by atoms with van der Waals surface area (Å²) in [5.74, 6) is 0.415. The van der Waals surface area contributed by atoms with Crippen LogP contribution in [0.2, 0.25) is 0 Å². The lowest BCUT2D eigenvalue weighted by molar-refractivity contribution is -0.134. The van der Waals surface area contributed by atoms with Gasteiger partial charge in [-0.3, -0.25) is 4.79 Å². The summed E-state index contributed by atoms with van der Waals surface area (Å²) in [6.45, 7) is 0.421. The van der Waals surface area contributed by atoms with Crippen molar-refractivity contribution < 1.29 is 14.3 Å². The summed E-state index contributed by atoms with van der Waals surface area (Å²) in [5, 5.41) is 2.65. The second kappa shape index (κ2) is 9.18. The molecule has 2 N–H and O–H groups in total. The number of ether oxygens (including phenoxy) is 1. The van der Waals surface area contributed by atoms with E-state index in [-0.39, 0.29) is 11.9 Å². The van der Waals surface area contributed by atoms with Crippen LogP contribution in [0.25, 0.3) is 11.3 Å². The molecule has 4 rings (SSSR count). The molecule has 0 saturated heterocycles. The van der Waals surface area contributed by atoms with Crippen molar-refractivity contribution >= 4 is 27.9 Å². The Morgan fingerprint density at radius 3 is 2.65 bits per heavy atom. The number of halogens is 1. The van der Waals surface area contributed by atoms with E-state index in [0.29, 0.717) is 17.9 Å². The highest BCUT2D eigenvalue weighted by molar-refractivity contribution is 9.10. The number of hydrogen-bond acceptors (Lipinski definition) is 4. The summed E-state index contributed by atoms with van der Waals surface area (Å²) >= 11 is 3.44. The lowest BCUT2D eigenvalue weighted by Crippen LogP contribution is -2.43. The first-order valence-electron chi connectivity index (χ1n) is 9.74. The molecule has 2 unspecified atom stereocenters. The molecule has 3 aromatic rings. The molecular weight excluding hydrogens is 460 g/mol. The van der Waals surface area contributed by atoms with Crippen molar-refractivity contribution in [2.24, 2.45) is 0 Å². The maximum atomic E-state index is 13.5. The van der Waals surface area contributed by atoms with Gasteiger partial charge in [-0.2, -0.15) is 0 Å². The summed E-state index contributed by atoms with van der Waals surface area (Å²) in [5.41, 5.74) is 2.45. The molecule has 1 aliphatic rings. The Balaban J connectivity index is 1.59. The number of carbonyl (C=O) groups is 2. The molecule has 7 nitrogen and oxygen atoms in total. The predicted molar refractivity (Wildman–Crippen MR) is 120 cm³/mol. The quantitative estimate of drug-likeness (QED) is 0.530. The van der Waals surface area contributed by atoms with E-state index in [1.54, 1.807) is 17.0 Å². The molecule has 0 saturated carbocycles. The molecule has 2 aromatic carbocycles. The number of alkyl carbamates (subject to hydrolysis) is 1. The fraction of sp³-hybridized carbons (Fsp3) is 0.174. The van der Waals surface area contributed by atoms with Gasteiger partial charge in [-0.1, -0.05) is 70.5 Å². The third-order valence-electron chi connectivity index (χ3n) is 5.08.